The second-order valence-electron chi connectivity index (χ2n) is 5.30. The SMILES string of the molecule is O=C(c1ccc(NCCCn2ccnc2)cc1)C1CC1. The third kappa shape index (κ3) is 3.26. The van der Waals surface area contributed by atoms with E-state index in [0.29, 0.717) is 11.7 Å². The van der Waals surface area contributed by atoms with Gasteiger partial charge in [-0.05, 0) is 43.5 Å². The van der Waals surface area contributed by atoms with Gasteiger partial charge < -0.3 is 9.88 Å². The molecule has 0 atom stereocenters. The number of hydrogen-bond donors (Lipinski definition) is 1. The molecule has 0 spiro atoms. The van der Waals surface area contributed by atoms with Gasteiger partial charge in [0.15, 0.2) is 5.78 Å². The first kappa shape index (κ1) is 12.9. The minimum atomic E-state index is 0.295. The Kier molecular flexibility index (Phi) is 3.81. The van der Waals surface area contributed by atoms with E-state index >= 15 is 0 Å². The lowest BCUT2D eigenvalue weighted by Gasteiger charge is -2.07. The van der Waals surface area contributed by atoms with Crippen LogP contribution in [-0.2, 0) is 6.54 Å². The maximum absolute atomic E-state index is 11.9. The van der Waals surface area contributed by atoms with Gasteiger partial charge in [-0.1, -0.05) is 0 Å². The van der Waals surface area contributed by atoms with Crippen molar-refractivity contribution in [1.29, 1.82) is 0 Å². The van der Waals surface area contributed by atoms with Crippen LogP contribution in [0.15, 0.2) is 43.0 Å². The normalized spacial score (nSPS) is 14.2. The minimum absolute atomic E-state index is 0.295. The van der Waals surface area contributed by atoms with Crippen LogP contribution in [0.25, 0.3) is 0 Å². The van der Waals surface area contributed by atoms with Crippen LogP contribution in [0, 0.1) is 5.92 Å². The predicted octanol–water partition coefficient (Wildman–Crippen LogP) is 2.98. The molecule has 1 aliphatic carbocycles. The van der Waals surface area contributed by atoms with E-state index in [0.717, 1.165) is 43.6 Å². The molecular weight excluding hydrogens is 250 g/mol. The molecule has 1 N–H and O–H groups in total. The van der Waals surface area contributed by atoms with E-state index in [4.69, 9.17) is 0 Å². The molecule has 20 heavy (non-hydrogen) atoms. The molecule has 1 aromatic heterocycles. The third-order valence-electron chi connectivity index (χ3n) is 3.60. The van der Waals surface area contributed by atoms with Crippen molar-refractivity contribution >= 4 is 11.5 Å². The smallest absolute Gasteiger partial charge is 0.165 e. The Morgan fingerprint density at radius 2 is 2.10 bits per heavy atom. The summed E-state index contributed by atoms with van der Waals surface area (Å²) in [5, 5.41) is 3.37. The molecule has 104 valence electrons. The summed E-state index contributed by atoms with van der Waals surface area (Å²) in [5.41, 5.74) is 1.92. The standard InChI is InChI=1S/C16H19N3O/c20-16(13-2-3-13)14-4-6-15(7-5-14)18-8-1-10-19-11-9-17-12-19/h4-7,9,11-13,18H,1-3,8,10H2. The average molecular weight is 269 g/mol. The molecule has 1 aliphatic rings. The summed E-state index contributed by atoms with van der Waals surface area (Å²) in [7, 11) is 0. The van der Waals surface area contributed by atoms with Crippen molar-refractivity contribution < 1.29 is 4.79 Å². The molecule has 3 rings (SSSR count). The molecule has 4 heteroatoms. The average Bonchev–Trinajstić information content (AvgIpc) is 3.21. The highest BCUT2D eigenvalue weighted by Crippen LogP contribution is 2.32. The fourth-order valence-electron chi connectivity index (χ4n) is 2.25. The second-order valence-corrected chi connectivity index (χ2v) is 5.30. The number of aromatic nitrogens is 2. The molecule has 1 heterocycles. The Bertz CT molecular complexity index is 556. The number of imidazole rings is 1. The third-order valence-corrected chi connectivity index (χ3v) is 3.60. The van der Waals surface area contributed by atoms with Gasteiger partial charge in [0.25, 0.3) is 0 Å². The Balaban J connectivity index is 1.44. The maximum Gasteiger partial charge on any atom is 0.165 e. The van der Waals surface area contributed by atoms with E-state index in [1.807, 2.05) is 36.8 Å². The number of nitrogens with one attached hydrogen (secondary N) is 1. The summed E-state index contributed by atoms with van der Waals surface area (Å²) >= 11 is 0. The van der Waals surface area contributed by atoms with Gasteiger partial charge in [-0.25, -0.2) is 4.98 Å². The highest BCUT2D eigenvalue weighted by molar-refractivity contribution is 5.99. The lowest BCUT2D eigenvalue weighted by Crippen LogP contribution is -2.06. The molecule has 4 nitrogen and oxygen atoms in total. The summed E-state index contributed by atoms with van der Waals surface area (Å²) < 4.78 is 2.07. The number of nitrogens with zero attached hydrogens (tertiary/aromatic N) is 2. The fraction of sp³-hybridized carbons (Fsp3) is 0.375. The van der Waals surface area contributed by atoms with Crippen molar-refractivity contribution in [3.05, 3.63) is 48.5 Å². The van der Waals surface area contributed by atoms with Gasteiger partial charge in [-0.3, -0.25) is 4.79 Å². The summed E-state index contributed by atoms with van der Waals surface area (Å²) in [6.45, 7) is 1.87. The molecule has 0 bridgehead atoms. The number of ketones is 1. The number of hydrogen-bond acceptors (Lipinski definition) is 3. The first-order valence-corrected chi connectivity index (χ1v) is 7.17. The Morgan fingerprint density at radius 1 is 1.30 bits per heavy atom. The van der Waals surface area contributed by atoms with Crippen LogP contribution in [0.1, 0.15) is 29.6 Å². The Labute approximate surface area is 118 Å². The lowest BCUT2D eigenvalue weighted by atomic mass is 10.1. The summed E-state index contributed by atoms with van der Waals surface area (Å²) in [6.07, 6.45) is 8.76. The Hall–Kier alpha value is -2.10. The highest BCUT2D eigenvalue weighted by atomic mass is 16.1. The quantitative estimate of drug-likeness (QED) is 0.621. The van der Waals surface area contributed by atoms with Gasteiger partial charge in [0.05, 0.1) is 6.33 Å². The van der Waals surface area contributed by atoms with Crippen LogP contribution in [0.4, 0.5) is 5.69 Å². The number of carbonyl (C=O) groups excluding carboxylic acids is 1. The van der Waals surface area contributed by atoms with Gasteiger partial charge >= 0.3 is 0 Å². The molecule has 2 aromatic rings. The van der Waals surface area contributed by atoms with Gasteiger partial charge in [0.1, 0.15) is 0 Å². The maximum atomic E-state index is 11.9. The van der Waals surface area contributed by atoms with E-state index in [9.17, 15) is 4.79 Å². The van der Waals surface area contributed by atoms with E-state index < -0.39 is 0 Å². The topological polar surface area (TPSA) is 46.9 Å². The molecule has 0 radical (unpaired) electrons. The van der Waals surface area contributed by atoms with Crippen molar-refractivity contribution in [3.63, 3.8) is 0 Å². The highest BCUT2D eigenvalue weighted by Gasteiger charge is 2.30. The van der Waals surface area contributed by atoms with Crippen LogP contribution in [0.2, 0.25) is 0 Å². The zero-order valence-corrected chi connectivity index (χ0v) is 11.5. The van der Waals surface area contributed by atoms with Gasteiger partial charge in [0, 0.05) is 42.7 Å². The molecule has 1 saturated carbocycles. The van der Waals surface area contributed by atoms with E-state index in [2.05, 4.69) is 14.9 Å². The summed E-state index contributed by atoms with van der Waals surface area (Å²) in [4.78, 5) is 15.9. The van der Waals surface area contributed by atoms with Crippen molar-refractivity contribution in [1.82, 2.24) is 9.55 Å². The largest absolute Gasteiger partial charge is 0.385 e. The molecule has 0 unspecified atom stereocenters. The monoisotopic (exact) mass is 269 g/mol. The zero-order valence-electron chi connectivity index (χ0n) is 11.5. The van der Waals surface area contributed by atoms with Crippen molar-refractivity contribution in [3.8, 4) is 0 Å². The number of rotatable bonds is 7. The summed E-state index contributed by atoms with van der Waals surface area (Å²) in [6, 6.07) is 7.84. The van der Waals surface area contributed by atoms with Crippen molar-refractivity contribution in [2.45, 2.75) is 25.8 Å². The molecule has 0 aliphatic heterocycles. The lowest BCUT2D eigenvalue weighted by molar-refractivity contribution is 0.0967. The van der Waals surface area contributed by atoms with Crippen LogP contribution in [0.3, 0.4) is 0 Å². The van der Waals surface area contributed by atoms with Crippen LogP contribution < -0.4 is 5.32 Å². The minimum Gasteiger partial charge on any atom is -0.385 e. The van der Waals surface area contributed by atoms with Crippen LogP contribution >= 0.6 is 0 Å². The Morgan fingerprint density at radius 3 is 2.75 bits per heavy atom. The molecule has 1 fully saturated rings. The summed E-state index contributed by atoms with van der Waals surface area (Å²) in [5.74, 6) is 0.598. The van der Waals surface area contributed by atoms with Gasteiger partial charge in [-0.2, -0.15) is 0 Å². The fourth-order valence-corrected chi connectivity index (χ4v) is 2.25. The van der Waals surface area contributed by atoms with Crippen LogP contribution in [0.5, 0.6) is 0 Å². The number of benzene rings is 1. The molecule has 0 saturated heterocycles. The molecular formula is C16H19N3O. The van der Waals surface area contributed by atoms with Crippen LogP contribution in [-0.4, -0.2) is 21.9 Å². The molecule has 0 amide bonds. The van der Waals surface area contributed by atoms with E-state index in [1.54, 1.807) is 6.20 Å². The van der Waals surface area contributed by atoms with Crippen molar-refractivity contribution in [2.24, 2.45) is 5.92 Å². The number of carbonyl (C=O) groups is 1. The van der Waals surface area contributed by atoms with Crippen molar-refractivity contribution in [2.75, 3.05) is 11.9 Å². The number of aryl methyl sites for hydroxylation is 1. The van der Waals surface area contributed by atoms with Gasteiger partial charge in [0.2, 0.25) is 0 Å². The first-order valence-electron chi connectivity index (χ1n) is 7.17. The number of anilines is 1. The first-order chi connectivity index (χ1) is 9.83. The molecule has 1 aromatic carbocycles. The predicted molar refractivity (Wildman–Crippen MR) is 78.8 cm³/mol. The van der Waals surface area contributed by atoms with E-state index in [1.165, 1.54) is 0 Å². The zero-order chi connectivity index (χ0) is 13.8. The second kappa shape index (κ2) is 5.90. The number of Topliss-reactive ketones (excluding diaryl/α,β-unsaturated/α-hetero) is 1. The van der Waals surface area contributed by atoms with Gasteiger partial charge in [-0.15, -0.1) is 0 Å². The van der Waals surface area contributed by atoms with E-state index in [-0.39, 0.29) is 0 Å².